The Labute approximate surface area is 106 Å². The lowest BCUT2D eigenvalue weighted by molar-refractivity contribution is -0.117. The van der Waals surface area contributed by atoms with Crippen molar-refractivity contribution in [2.45, 2.75) is 12.8 Å². The molecule has 0 aliphatic carbocycles. The zero-order valence-electron chi connectivity index (χ0n) is 10.4. The Morgan fingerprint density at radius 1 is 1.61 bits per heavy atom. The lowest BCUT2D eigenvalue weighted by atomic mass is 10.0. The molecule has 1 aliphatic heterocycles. The monoisotopic (exact) mass is 250 g/mol. The van der Waals surface area contributed by atoms with Crippen molar-refractivity contribution in [3.8, 4) is 11.5 Å². The molecule has 0 bridgehead atoms. The topological polar surface area (TPSA) is 70.6 Å². The number of anilines is 1. The molecule has 0 saturated carbocycles. The first-order chi connectivity index (χ1) is 8.69. The highest BCUT2D eigenvalue weighted by Gasteiger charge is 2.18. The number of hydrogen-bond donors (Lipinski definition) is 3. The number of amides is 1. The van der Waals surface area contributed by atoms with Gasteiger partial charge in [0.1, 0.15) is 11.5 Å². The maximum atomic E-state index is 11.8. The summed E-state index contributed by atoms with van der Waals surface area (Å²) < 4.78 is 5.05. The second-order valence-electron chi connectivity index (χ2n) is 4.49. The van der Waals surface area contributed by atoms with E-state index in [9.17, 15) is 9.90 Å². The fraction of sp³-hybridized carbons (Fsp3) is 0.462. The van der Waals surface area contributed by atoms with E-state index < -0.39 is 0 Å². The number of carbonyl (C=O) groups excluding carboxylic acids is 1. The number of phenolic OH excluding ortho intramolecular Hbond substituents is 1. The van der Waals surface area contributed by atoms with Crippen LogP contribution in [0.2, 0.25) is 0 Å². The van der Waals surface area contributed by atoms with Crippen LogP contribution in [0.4, 0.5) is 5.69 Å². The summed E-state index contributed by atoms with van der Waals surface area (Å²) in [5.41, 5.74) is 0.394. The second-order valence-corrected chi connectivity index (χ2v) is 4.49. The second kappa shape index (κ2) is 5.73. The van der Waals surface area contributed by atoms with E-state index in [-0.39, 0.29) is 11.7 Å². The summed E-state index contributed by atoms with van der Waals surface area (Å²) in [7, 11) is 1.54. The van der Waals surface area contributed by atoms with Crippen molar-refractivity contribution in [1.29, 1.82) is 0 Å². The molecule has 18 heavy (non-hydrogen) atoms. The van der Waals surface area contributed by atoms with Gasteiger partial charge in [0.2, 0.25) is 5.91 Å². The summed E-state index contributed by atoms with van der Waals surface area (Å²) in [6.45, 7) is 1.86. The maximum absolute atomic E-state index is 11.8. The average molecular weight is 250 g/mol. The molecule has 1 saturated heterocycles. The van der Waals surface area contributed by atoms with Crippen LogP contribution < -0.4 is 15.4 Å². The lowest BCUT2D eigenvalue weighted by Crippen LogP contribution is -2.18. The summed E-state index contributed by atoms with van der Waals surface area (Å²) in [4.78, 5) is 11.8. The molecule has 0 spiro atoms. The minimum absolute atomic E-state index is 0.0497. The molecule has 1 aromatic rings. The van der Waals surface area contributed by atoms with E-state index in [0.717, 1.165) is 19.5 Å². The smallest absolute Gasteiger partial charge is 0.224 e. The molecule has 1 heterocycles. The fourth-order valence-corrected chi connectivity index (χ4v) is 2.09. The van der Waals surface area contributed by atoms with Gasteiger partial charge in [0, 0.05) is 12.5 Å². The summed E-state index contributed by atoms with van der Waals surface area (Å²) in [5, 5.41) is 15.6. The first-order valence-electron chi connectivity index (χ1n) is 6.06. The van der Waals surface area contributed by atoms with E-state index >= 15 is 0 Å². The summed E-state index contributed by atoms with van der Waals surface area (Å²) in [6.07, 6.45) is 1.50. The lowest BCUT2D eigenvalue weighted by Gasteiger charge is -2.11. The predicted molar refractivity (Wildman–Crippen MR) is 68.9 cm³/mol. The van der Waals surface area contributed by atoms with Gasteiger partial charge in [-0.2, -0.15) is 0 Å². The molecule has 1 fully saturated rings. The highest BCUT2D eigenvalue weighted by Crippen LogP contribution is 2.28. The van der Waals surface area contributed by atoms with Crippen molar-refractivity contribution in [2.75, 3.05) is 25.5 Å². The van der Waals surface area contributed by atoms with Crippen LogP contribution in [0.3, 0.4) is 0 Å². The molecular weight excluding hydrogens is 232 g/mol. The quantitative estimate of drug-likeness (QED) is 0.705. The average Bonchev–Trinajstić information content (AvgIpc) is 2.84. The third-order valence-corrected chi connectivity index (χ3v) is 3.11. The normalized spacial score (nSPS) is 18.6. The van der Waals surface area contributed by atoms with Crippen molar-refractivity contribution < 1.29 is 14.6 Å². The summed E-state index contributed by atoms with van der Waals surface area (Å²) >= 11 is 0. The number of carbonyl (C=O) groups is 1. The van der Waals surface area contributed by atoms with Gasteiger partial charge in [-0.15, -0.1) is 0 Å². The third-order valence-electron chi connectivity index (χ3n) is 3.11. The van der Waals surface area contributed by atoms with Gasteiger partial charge in [-0.05, 0) is 37.6 Å². The largest absolute Gasteiger partial charge is 0.506 e. The molecule has 1 aromatic carbocycles. The van der Waals surface area contributed by atoms with E-state index in [1.165, 1.54) is 6.07 Å². The van der Waals surface area contributed by atoms with Crippen LogP contribution in [-0.2, 0) is 4.79 Å². The van der Waals surface area contributed by atoms with E-state index in [1.807, 2.05) is 0 Å². The van der Waals surface area contributed by atoms with Gasteiger partial charge in [0.25, 0.3) is 0 Å². The van der Waals surface area contributed by atoms with Crippen LogP contribution in [-0.4, -0.2) is 31.2 Å². The Balaban J connectivity index is 1.97. The minimum Gasteiger partial charge on any atom is -0.506 e. The Morgan fingerprint density at radius 3 is 3.11 bits per heavy atom. The standard InChI is InChI=1S/C13H18N2O3/c1-18-10-2-3-12(16)11(7-10)15-13(17)6-9-4-5-14-8-9/h2-3,7,9,14,16H,4-6,8H2,1H3,(H,15,17). The van der Waals surface area contributed by atoms with Crippen LogP contribution in [0.15, 0.2) is 18.2 Å². The van der Waals surface area contributed by atoms with Crippen molar-refractivity contribution in [1.82, 2.24) is 5.32 Å². The van der Waals surface area contributed by atoms with Gasteiger partial charge < -0.3 is 20.5 Å². The van der Waals surface area contributed by atoms with Gasteiger partial charge in [-0.25, -0.2) is 0 Å². The van der Waals surface area contributed by atoms with E-state index in [4.69, 9.17) is 4.74 Å². The SMILES string of the molecule is COc1ccc(O)c(NC(=O)CC2CCNC2)c1. The first-order valence-corrected chi connectivity index (χ1v) is 6.06. The van der Waals surface area contributed by atoms with E-state index in [0.29, 0.717) is 23.8 Å². The molecular formula is C13H18N2O3. The molecule has 98 valence electrons. The highest BCUT2D eigenvalue weighted by atomic mass is 16.5. The summed E-state index contributed by atoms with van der Waals surface area (Å²) in [5.74, 6) is 0.962. The van der Waals surface area contributed by atoms with Crippen LogP contribution >= 0.6 is 0 Å². The van der Waals surface area contributed by atoms with Gasteiger partial charge in [-0.3, -0.25) is 4.79 Å². The van der Waals surface area contributed by atoms with E-state index in [2.05, 4.69) is 10.6 Å². The Hall–Kier alpha value is -1.75. The third kappa shape index (κ3) is 3.13. The first kappa shape index (κ1) is 12.7. The van der Waals surface area contributed by atoms with Crippen molar-refractivity contribution in [2.24, 2.45) is 5.92 Å². The number of phenols is 1. The van der Waals surface area contributed by atoms with Gasteiger partial charge in [0.05, 0.1) is 12.8 Å². The fourth-order valence-electron chi connectivity index (χ4n) is 2.09. The number of nitrogens with one attached hydrogen (secondary N) is 2. The number of rotatable bonds is 4. The van der Waals surface area contributed by atoms with Crippen molar-refractivity contribution in [3.63, 3.8) is 0 Å². The predicted octanol–water partition coefficient (Wildman–Crippen LogP) is 1.34. The van der Waals surface area contributed by atoms with Gasteiger partial charge >= 0.3 is 0 Å². The number of aromatic hydroxyl groups is 1. The van der Waals surface area contributed by atoms with Crippen LogP contribution in [0.25, 0.3) is 0 Å². The molecule has 1 unspecified atom stereocenters. The van der Waals surface area contributed by atoms with Crippen molar-refractivity contribution >= 4 is 11.6 Å². The molecule has 3 N–H and O–H groups in total. The van der Waals surface area contributed by atoms with Gasteiger partial charge in [0.15, 0.2) is 0 Å². The van der Waals surface area contributed by atoms with Crippen LogP contribution in [0, 0.1) is 5.92 Å². The molecule has 2 rings (SSSR count). The molecule has 1 amide bonds. The Morgan fingerprint density at radius 2 is 2.44 bits per heavy atom. The number of benzene rings is 1. The zero-order chi connectivity index (χ0) is 13.0. The Kier molecular flexibility index (Phi) is 4.04. The molecule has 5 nitrogen and oxygen atoms in total. The highest BCUT2D eigenvalue weighted by molar-refractivity contribution is 5.92. The molecule has 1 atom stereocenters. The molecule has 1 aliphatic rings. The molecule has 0 aromatic heterocycles. The maximum Gasteiger partial charge on any atom is 0.224 e. The molecule has 0 radical (unpaired) electrons. The van der Waals surface area contributed by atoms with Gasteiger partial charge in [-0.1, -0.05) is 0 Å². The zero-order valence-corrected chi connectivity index (χ0v) is 10.4. The Bertz CT molecular complexity index is 428. The van der Waals surface area contributed by atoms with E-state index in [1.54, 1.807) is 19.2 Å². The number of methoxy groups -OCH3 is 1. The number of ether oxygens (including phenoxy) is 1. The number of hydrogen-bond acceptors (Lipinski definition) is 4. The van der Waals surface area contributed by atoms with Crippen molar-refractivity contribution in [3.05, 3.63) is 18.2 Å². The van der Waals surface area contributed by atoms with Crippen LogP contribution in [0.5, 0.6) is 11.5 Å². The van der Waals surface area contributed by atoms with Crippen LogP contribution in [0.1, 0.15) is 12.8 Å². The minimum atomic E-state index is -0.0766. The molecule has 5 heteroatoms. The summed E-state index contributed by atoms with van der Waals surface area (Å²) in [6, 6.07) is 4.76.